The number of nitrogens with one attached hydrogen (secondary N) is 1. The van der Waals surface area contributed by atoms with Crippen LogP contribution in [-0.4, -0.2) is 23.9 Å². The van der Waals surface area contributed by atoms with Gasteiger partial charge in [-0.25, -0.2) is 4.98 Å². The lowest BCUT2D eigenvalue weighted by atomic mass is 9.94. The summed E-state index contributed by atoms with van der Waals surface area (Å²) in [6, 6.07) is 2.45. The van der Waals surface area contributed by atoms with Crippen LogP contribution < -0.4 is 10.6 Å². The number of aromatic nitrogens is 1. The first-order valence-electron chi connectivity index (χ1n) is 7.51. The van der Waals surface area contributed by atoms with Crippen LogP contribution in [-0.2, 0) is 12.8 Å². The molecule has 0 bridgehead atoms. The summed E-state index contributed by atoms with van der Waals surface area (Å²) in [5.74, 6) is 1.50. The third-order valence-electron chi connectivity index (χ3n) is 4.48. The second-order valence-electron chi connectivity index (χ2n) is 6.18. The Labute approximate surface area is 121 Å². The first kappa shape index (κ1) is 14.8. The lowest BCUT2D eigenvalue weighted by molar-refractivity contribution is 0.501. The standard InChI is InChI=1S/C16H26N4/c1-10(2)11(3)20(4)16-13(15(17)18)9-12-7-5-6-8-14(12)19-16/h9-11H,5-8H2,1-4H3,(H3,17,18). The molecular formula is C16H26N4. The monoisotopic (exact) mass is 274 g/mol. The van der Waals surface area contributed by atoms with Gasteiger partial charge in [0, 0.05) is 18.8 Å². The molecular weight excluding hydrogens is 248 g/mol. The van der Waals surface area contributed by atoms with Crippen molar-refractivity contribution in [1.82, 2.24) is 4.98 Å². The molecule has 0 radical (unpaired) electrons. The van der Waals surface area contributed by atoms with Crippen LogP contribution in [0.25, 0.3) is 0 Å². The van der Waals surface area contributed by atoms with Gasteiger partial charge in [0.25, 0.3) is 0 Å². The third kappa shape index (κ3) is 2.79. The van der Waals surface area contributed by atoms with Gasteiger partial charge in [-0.2, -0.15) is 0 Å². The number of nitrogens with two attached hydrogens (primary N) is 1. The maximum atomic E-state index is 7.85. The van der Waals surface area contributed by atoms with Crippen LogP contribution in [0, 0.1) is 11.3 Å². The number of hydrogen-bond acceptors (Lipinski definition) is 3. The molecule has 0 amide bonds. The number of amidine groups is 1. The summed E-state index contributed by atoms with van der Waals surface area (Å²) in [5.41, 5.74) is 9.02. The minimum atomic E-state index is 0.115. The van der Waals surface area contributed by atoms with Gasteiger partial charge >= 0.3 is 0 Å². The fourth-order valence-corrected chi connectivity index (χ4v) is 2.73. The predicted molar refractivity (Wildman–Crippen MR) is 84.6 cm³/mol. The van der Waals surface area contributed by atoms with Gasteiger partial charge in [-0.15, -0.1) is 0 Å². The molecule has 0 saturated carbocycles. The predicted octanol–water partition coefficient (Wildman–Crippen LogP) is 2.73. The Morgan fingerprint density at radius 3 is 2.55 bits per heavy atom. The highest BCUT2D eigenvalue weighted by Gasteiger charge is 2.22. The van der Waals surface area contributed by atoms with E-state index in [2.05, 4.69) is 38.8 Å². The summed E-state index contributed by atoms with van der Waals surface area (Å²) in [4.78, 5) is 7.01. The molecule has 1 aliphatic rings. The van der Waals surface area contributed by atoms with Crippen molar-refractivity contribution in [2.75, 3.05) is 11.9 Å². The van der Waals surface area contributed by atoms with Gasteiger partial charge in [0.2, 0.25) is 0 Å². The highest BCUT2D eigenvalue weighted by Crippen LogP contribution is 2.28. The molecule has 0 aromatic carbocycles. The quantitative estimate of drug-likeness (QED) is 0.655. The number of fused-ring (bicyclic) bond motifs is 1. The van der Waals surface area contributed by atoms with Gasteiger partial charge in [0.05, 0.1) is 5.56 Å². The van der Waals surface area contributed by atoms with Gasteiger partial charge < -0.3 is 10.6 Å². The normalized spacial score (nSPS) is 15.8. The highest BCUT2D eigenvalue weighted by molar-refractivity contribution is 5.99. The van der Waals surface area contributed by atoms with Gasteiger partial charge in [-0.05, 0) is 50.2 Å². The third-order valence-corrected chi connectivity index (χ3v) is 4.48. The van der Waals surface area contributed by atoms with Gasteiger partial charge in [-0.1, -0.05) is 13.8 Å². The van der Waals surface area contributed by atoms with Gasteiger partial charge in [0.1, 0.15) is 11.7 Å². The topological polar surface area (TPSA) is 66.0 Å². The van der Waals surface area contributed by atoms with E-state index >= 15 is 0 Å². The van der Waals surface area contributed by atoms with E-state index in [1.165, 1.54) is 24.1 Å². The number of hydrogen-bond donors (Lipinski definition) is 2. The molecule has 0 spiro atoms. The second kappa shape index (κ2) is 5.81. The molecule has 0 fully saturated rings. The maximum Gasteiger partial charge on any atom is 0.139 e. The summed E-state index contributed by atoms with van der Waals surface area (Å²) >= 11 is 0. The zero-order valence-electron chi connectivity index (χ0n) is 13.0. The minimum absolute atomic E-state index is 0.115. The van der Waals surface area contributed by atoms with Crippen LogP contribution in [0.2, 0.25) is 0 Å². The summed E-state index contributed by atoms with van der Waals surface area (Å²) in [6.45, 7) is 6.59. The van der Waals surface area contributed by atoms with E-state index in [0.717, 1.165) is 24.2 Å². The van der Waals surface area contributed by atoms with Crippen molar-refractivity contribution in [1.29, 1.82) is 5.41 Å². The van der Waals surface area contributed by atoms with Gasteiger partial charge in [0.15, 0.2) is 0 Å². The Morgan fingerprint density at radius 1 is 1.30 bits per heavy atom. The molecule has 2 rings (SSSR count). The zero-order valence-corrected chi connectivity index (χ0v) is 13.0. The maximum absolute atomic E-state index is 7.85. The van der Waals surface area contributed by atoms with Crippen molar-refractivity contribution in [2.24, 2.45) is 11.7 Å². The van der Waals surface area contributed by atoms with Crippen LogP contribution in [0.3, 0.4) is 0 Å². The molecule has 1 aromatic rings. The summed E-state index contributed by atoms with van der Waals surface area (Å²) in [5, 5.41) is 7.85. The molecule has 1 heterocycles. The minimum Gasteiger partial charge on any atom is -0.384 e. The van der Waals surface area contributed by atoms with Crippen molar-refractivity contribution in [2.45, 2.75) is 52.5 Å². The van der Waals surface area contributed by atoms with E-state index in [1.807, 2.05) is 0 Å². The van der Waals surface area contributed by atoms with Crippen molar-refractivity contribution in [3.05, 3.63) is 22.9 Å². The van der Waals surface area contributed by atoms with Crippen molar-refractivity contribution in [3.8, 4) is 0 Å². The first-order valence-corrected chi connectivity index (χ1v) is 7.51. The Kier molecular flexibility index (Phi) is 4.31. The molecule has 20 heavy (non-hydrogen) atoms. The Bertz CT molecular complexity index is 507. The van der Waals surface area contributed by atoms with Crippen LogP contribution >= 0.6 is 0 Å². The number of nitrogens with zero attached hydrogens (tertiary/aromatic N) is 2. The van der Waals surface area contributed by atoms with Crippen molar-refractivity contribution in [3.63, 3.8) is 0 Å². The summed E-state index contributed by atoms with van der Waals surface area (Å²) in [6.07, 6.45) is 4.53. The average molecular weight is 274 g/mol. The summed E-state index contributed by atoms with van der Waals surface area (Å²) in [7, 11) is 2.05. The fourth-order valence-electron chi connectivity index (χ4n) is 2.73. The van der Waals surface area contributed by atoms with Crippen LogP contribution in [0.15, 0.2) is 6.07 Å². The SMILES string of the molecule is CC(C)C(C)N(C)c1nc2c(cc1C(=N)N)CCCC2. The molecule has 4 nitrogen and oxygen atoms in total. The van der Waals surface area contributed by atoms with E-state index in [-0.39, 0.29) is 5.84 Å². The number of rotatable bonds is 4. The smallest absolute Gasteiger partial charge is 0.139 e. The first-order chi connectivity index (χ1) is 9.41. The van der Waals surface area contributed by atoms with Gasteiger partial charge in [-0.3, -0.25) is 5.41 Å². The Balaban J connectivity index is 2.47. The number of aryl methyl sites for hydroxylation is 2. The molecule has 110 valence electrons. The molecule has 4 heteroatoms. The van der Waals surface area contributed by atoms with E-state index in [0.29, 0.717) is 12.0 Å². The van der Waals surface area contributed by atoms with Crippen LogP contribution in [0.4, 0.5) is 5.82 Å². The van der Waals surface area contributed by atoms with E-state index < -0.39 is 0 Å². The number of anilines is 1. The molecule has 1 unspecified atom stereocenters. The Hall–Kier alpha value is -1.58. The van der Waals surface area contributed by atoms with Crippen molar-refractivity contribution < 1.29 is 0 Å². The van der Waals surface area contributed by atoms with Crippen LogP contribution in [0.1, 0.15) is 50.4 Å². The molecule has 1 aliphatic carbocycles. The summed E-state index contributed by atoms with van der Waals surface area (Å²) < 4.78 is 0. The molecule has 3 N–H and O–H groups in total. The number of pyridine rings is 1. The van der Waals surface area contributed by atoms with Crippen LogP contribution in [0.5, 0.6) is 0 Å². The fraction of sp³-hybridized carbons (Fsp3) is 0.625. The molecule has 0 aliphatic heterocycles. The average Bonchev–Trinajstić information content (AvgIpc) is 2.44. The van der Waals surface area contributed by atoms with E-state index in [4.69, 9.17) is 16.1 Å². The second-order valence-corrected chi connectivity index (χ2v) is 6.18. The zero-order chi connectivity index (χ0) is 14.9. The molecule has 1 aromatic heterocycles. The molecule has 1 atom stereocenters. The largest absolute Gasteiger partial charge is 0.384 e. The number of nitrogen functional groups attached to an aromatic ring is 1. The lowest BCUT2D eigenvalue weighted by Crippen LogP contribution is -2.36. The van der Waals surface area contributed by atoms with E-state index in [9.17, 15) is 0 Å². The van der Waals surface area contributed by atoms with Crippen molar-refractivity contribution >= 4 is 11.7 Å². The highest BCUT2D eigenvalue weighted by atomic mass is 15.2. The lowest BCUT2D eigenvalue weighted by Gasteiger charge is -2.31. The van der Waals surface area contributed by atoms with E-state index in [1.54, 1.807) is 0 Å². The Morgan fingerprint density at radius 2 is 1.95 bits per heavy atom. The molecule has 0 saturated heterocycles.